The molecule has 2 rings (SSSR count). The molecule has 2 heterocycles. The first-order valence-electron chi connectivity index (χ1n) is 6.15. The molecule has 1 atom stereocenters. The average molecular weight is 252 g/mol. The largest absolute Gasteiger partial charge is 0.336 e. The van der Waals surface area contributed by atoms with E-state index in [4.69, 9.17) is 0 Å². The molecule has 0 aromatic carbocycles. The molecular formula is C13H20N2OS. The summed E-state index contributed by atoms with van der Waals surface area (Å²) >= 11 is 1.74. The molecule has 0 radical (unpaired) electrons. The van der Waals surface area contributed by atoms with Gasteiger partial charge in [-0.3, -0.25) is 4.79 Å². The third-order valence-corrected chi connectivity index (χ3v) is 4.14. The monoisotopic (exact) mass is 252 g/mol. The number of aryl methyl sites for hydroxylation is 1. The molecule has 1 N–H and O–H groups in total. The molecule has 94 valence electrons. The van der Waals surface area contributed by atoms with Crippen molar-refractivity contribution >= 4 is 17.2 Å². The lowest BCUT2D eigenvalue weighted by atomic mass is 10.2. The minimum atomic E-state index is 0.0234. The van der Waals surface area contributed by atoms with Crippen molar-refractivity contribution in [2.45, 2.75) is 45.8 Å². The number of hydrogen-bond acceptors (Lipinski definition) is 3. The Morgan fingerprint density at radius 2 is 2.35 bits per heavy atom. The summed E-state index contributed by atoms with van der Waals surface area (Å²) in [6.45, 7) is 7.92. The van der Waals surface area contributed by atoms with Gasteiger partial charge in [0.25, 0.3) is 0 Å². The van der Waals surface area contributed by atoms with E-state index >= 15 is 0 Å². The maximum Gasteiger partial charge on any atom is 0.240 e. The van der Waals surface area contributed by atoms with Crippen LogP contribution in [0.25, 0.3) is 0 Å². The highest BCUT2D eigenvalue weighted by atomic mass is 32.1. The molecule has 1 unspecified atom stereocenters. The summed E-state index contributed by atoms with van der Waals surface area (Å²) in [6, 6.07) is 2.51. The van der Waals surface area contributed by atoms with Gasteiger partial charge in [0.05, 0.1) is 12.6 Å². The van der Waals surface area contributed by atoms with Gasteiger partial charge in [-0.1, -0.05) is 13.8 Å². The Balaban J connectivity index is 1.96. The molecule has 0 bridgehead atoms. The summed E-state index contributed by atoms with van der Waals surface area (Å²) in [5.41, 5.74) is 1.29. The van der Waals surface area contributed by atoms with Gasteiger partial charge >= 0.3 is 0 Å². The number of likely N-dealkylation sites (tertiary alicyclic amines) is 1. The van der Waals surface area contributed by atoms with Gasteiger partial charge in [-0.05, 0) is 30.4 Å². The summed E-state index contributed by atoms with van der Waals surface area (Å²) in [7, 11) is 0. The second kappa shape index (κ2) is 5.19. The zero-order valence-corrected chi connectivity index (χ0v) is 11.5. The van der Waals surface area contributed by atoms with Crippen molar-refractivity contribution < 1.29 is 4.79 Å². The fraction of sp³-hybridized carbons (Fsp3) is 0.615. The highest BCUT2D eigenvalue weighted by Gasteiger charge is 2.31. The van der Waals surface area contributed by atoms with Gasteiger partial charge in [0.2, 0.25) is 5.91 Å². The number of hydrogen-bond donors (Lipinski definition) is 1. The normalized spacial score (nSPS) is 20.6. The predicted molar refractivity (Wildman–Crippen MR) is 71.1 cm³/mol. The molecule has 1 fully saturated rings. The second-order valence-electron chi connectivity index (χ2n) is 4.95. The van der Waals surface area contributed by atoms with Crippen LogP contribution in [0.15, 0.2) is 11.4 Å². The van der Waals surface area contributed by atoms with E-state index in [9.17, 15) is 4.79 Å². The lowest BCUT2D eigenvalue weighted by Gasteiger charge is -2.18. The third-order valence-electron chi connectivity index (χ3n) is 3.13. The Morgan fingerprint density at radius 1 is 1.59 bits per heavy atom. The van der Waals surface area contributed by atoms with Gasteiger partial charge < -0.3 is 10.2 Å². The summed E-state index contributed by atoms with van der Waals surface area (Å²) < 4.78 is 0. The number of amides is 1. The van der Waals surface area contributed by atoms with Crippen LogP contribution in [0, 0.1) is 6.92 Å². The number of carbonyl (C=O) groups is 1. The maximum atomic E-state index is 12.1. The molecule has 17 heavy (non-hydrogen) atoms. The molecule has 3 nitrogen and oxygen atoms in total. The molecule has 1 aromatic rings. The lowest BCUT2D eigenvalue weighted by molar-refractivity contribution is -0.130. The Labute approximate surface area is 107 Å². The van der Waals surface area contributed by atoms with E-state index in [1.165, 1.54) is 10.4 Å². The Hall–Kier alpha value is -0.870. The number of nitrogens with one attached hydrogen (secondary N) is 1. The fourth-order valence-corrected chi connectivity index (χ4v) is 3.11. The summed E-state index contributed by atoms with van der Waals surface area (Å²) in [4.78, 5) is 15.4. The van der Waals surface area contributed by atoms with Gasteiger partial charge in [0, 0.05) is 17.5 Å². The van der Waals surface area contributed by atoms with Crippen molar-refractivity contribution in [3.8, 4) is 0 Å². The number of thiophene rings is 1. The minimum absolute atomic E-state index is 0.0234. The summed E-state index contributed by atoms with van der Waals surface area (Å²) in [5, 5.41) is 5.42. The van der Waals surface area contributed by atoms with E-state index in [0.29, 0.717) is 6.04 Å². The van der Waals surface area contributed by atoms with Crippen molar-refractivity contribution in [3.63, 3.8) is 0 Å². The van der Waals surface area contributed by atoms with Gasteiger partial charge in [0.15, 0.2) is 0 Å². The third kappa shape index (κ3) is 2.87. The maximum absolute atomic E-state index is 12.1. The first-order valence-corrected chi connectivity index (χ1v) is 7.03. The highest BCUT2D eigenvalue weighted by Crippen LogP contribution is 2.21. The van der Waals surface area contributed by atoms with Crippen LogP contribution in [0.4, 0.5) is 0 Å². The molecule has 0 spiro atoms. The van der Waals surface area contributed by atoms with E-state index in [2.05, 4.69) is 37.5 Å². The number of carbonyl (C=O) groups excluding carboxylic acids is 1. The number of nitrogens with zero attached hydrogens (tertiary/aromatic N) is 1. The van der Waals surface area contributed by atoms with Gasteiger partial charge in [0.1, 0.15) is 0 Å². The first-order chi connectivity index (χ1) is 8.08. The van der Waals surface area contributed by atoms with Crippen molar-refractivity contribution in [1.29, 1.82) is 0 Å². The van der Waals surface area contributed by atoms with Crippen LogP contribution in [0.1, 0.15) is 30.7 Å². The highest BCUT2D eigenvalue weighted by molar-refractivity contribution is 7.10. The number of rotatable bonds is 4. The summed E-state index contributed by atoms with van der Waals surface area (Å²) in [5.74, 6) is 0.256. The van der Waals surface area contributed by atoms with Gasteiger partial charge in [-0.2, -0.15) is 0 Å². The van der Waals surface area contributed by atoms with Gasteiger partial charge in [-0.15, -0.1) is 11.3 Å². The van der Waals surface area contributed by atoms with Crippen molar-refractivity contribution in [1.82, 2.24) is 10.2 Å². The molecular weight excluding hydrogens is 232 g/mol. The first kappa shape index (κ1) is 12.6. The Morgan fingerprint density at radius 3 is 2.94 bits per heavy atom. The molecule has 0 aliphatic carbocycles. The zero-order chi connectivity index (χ0) is 12.4. The van der Waals surface area contributed by atoms with E-state index in [0.717, 1.165) is 19.5 Å². The Kier molecular flexibility index (Phi) is 3.84. The summed E-state index contributed by atoms with van der Waals surface area (Å²) in [6.07, 6.45) is 0.932. The standard InChI is InChI=1S/C13H20N2OS/c1-9(2)14-11-4-6-15(13(11)16)8-12-10(3)5-7-17-12/h5,7,9,11,14H,4,6,8H2,1-3H3. The van der Waals surface area contributed by atoms with Crippen LogP contribution in [0.5, 0.6) is 0 Å². The average Bonchev–Trinajstić information content (AvgIpc) is 2.79. The quantitative estimate of drug-likeness (QED) is 0.890. The zero-order valence-electron chi connectivity index (χ0n) is 10.7. The van der Waals surface area contributed by atoms with Crippen LogP contribution in [0.2, 0.25) is 0 Å². The molecule has 1 saturated heterocycles. The molecule has 1 aliphatic heterocycles. The molecule has 4 heteroatoms. The van der Waals surface area contributed by atoms with Crippen LogP contribution in [-0.4, -0.2) is 29.4 Å². The SMILES string of the molecule is Cc1ccsc1CN1CCC(NC(C)C)C1=O. The van der Waals surface area contributed by atoms with Crippen molar-refractivity contribution in [3.05, 3.63) is 21.9 Å². The van der Waals surface area contributed by atoms with E-state index in [1.54, 1.807) is 11.3 Å². The molecule has 1 aliphatic rings. The second-order valence-corrected chi connectivity index (χ2v) is 5.95. The Bertz CT molecular complexity index is 400. The van der Waals surface area contributed by atoms with Crippen molar-refractivity contribution in [2.75, 3.05) is 6.54 Å². The smallest absolute Gasteiger partial charge is 0.240 e. The van der Waals surface area contributed by atoms with Crippen LogP contribution < -0.4 is 5.32 Å². The minimum Gasteiger partial charge on any atom is -0.336 e. The van der Waals surface area contributed by atoms with Crippen molar-refractivity contribution in [2.24, 2.45) is 0 Å². The van der Waals surface area contributed by atoms with E-state index in [-0.39, 0.29) is 11.9 Å². The van der Waals surface area contributed by atoms with E-state index in [1.807, 2.05) is 4.90 Å². The molecule has 1 aromatic heterocycles. The van der Waals surface area contributed by atoms with E-state index < -0.39 is 0 Å². The van der Waals surface area contributed by atoms with Crippen LogP contribution >= 0.6 is 11.3 Å². The van der Waals surface area contributed by atoms with Crippen LogP contribution in [0.3, 0.4) is 0 Å². The van der Waals surface area contributed by atoms with Gasteiger partial charge in [-0.25, -0.2) is 0 Å². The van der Waals surface area contributed by atoms with Crippen LogP contribution in [-0.2, 0) is 11.3 Å². The molecule has 0 saturated carbocycles. The predicted octanol–water partition coefficient (Wildman–Crippen LogP) is 2.16. The lowest BCUT2D eigenvalue weighted by Crippen LogP contribution is -2.41. The fourth-order valence-electron chi connectivity index (χ4n) is 2.19. The topological polar surface area (TPSA) is 32.3 Å². The molecule has 1 amide bonds.